The van der Waals surface area contributed by atoms with Crippen molar-refractivity contribution in [2.45, 2.75) is 51.3 Å². The summed E-state index contributed by atoms with van der Waals surface area (Å²) in [5, 5.41) is 14.7. The van der Waals surface area contributed by atoms with Gasteiger partial charge >= 0.3 is 0 Å². The lowest BCUT2D eigenvalue weighted by Crippen LogP contribution is -2.44. The number of aliphatic hydroxyl groups is 1. The summed E-state index contributed by atoms with van der Waals surface area (Å²) in [5.74, 6) is 0.111. The van der Waals surface area contributed by atoms with Crippen molar-refractivity contribution in [1.82, 2.24) is 14.7 Å². The lowest BCUT2D eigenvalue weighted by Gasteiger charge is -2.35. The second-order valence-corrected chi connectivity index (χ2v) is 8.80. The van der Waals surface area contributed by atoms with E-state index in [-0.39, 0.29) is 18.0 Å². The van der Waals surface area contributed by atoms with E-state index in [9.17, 15) is 5.11 Å². The molecule has 0 unspecified atom stereocenters. The van der Waals surface area contributed by atoms with Gasteiger partial charge in [-0.1, -0.05) is 24.3 Å². The predicted molar refractivity (Wildman–Crippen MR) is 117 cm³/mol. The Hall–Kier alpha value is -2.70. The van der Waals surface area contributed by atoms with E-state index in [1.54, 1.807) is 4.68 Å². The van der Waals surface area contributed by atoms with Crippen LogP contribution in [0.4, 0.5) is 4.39 Å². The molecule has 1 aliphatic heterocycles. The molecule has 0 spiro atoms. The van der Waals surface area contributed by atoms with Crippen LogP contribution in [0, 0.1) is 12.7 Å². The van der Waals surface area contributed by atoms with Crippen LogP contribution >= 0.6 is 0 Å². The fourth-order valence-corrected chi connectivity index (χ4v) is 4.85. The van der Waals surface area contributed by atoms with Crippen LogP contribution < -0.4 is 4.74 Å². The van der Waals surface area contributed by atoms with E-state index in [0.29, 0.717) is 31.0 Å². The third kappa shape index (κ3) is 3.86. The standard InChI is InChI=1S/C25H28FN3O2/c1-16-19(12-17-6-8-18(9-7-17)21-10-11-28(2)27-21)13-20-14-29(15-31-25(20)24(16)26)22-4-3-5-23(22)30/h6-11,13,22-23,30H,3-5,12,14-15H2,1-2H3/t22-,23-/m0/s1. The molecule has 0 amide bonds. The van der Waals surface area contributed by atoms with E-state index in [1.165, 1.54) is 0 Å². The molecular weight excluding hydrogens is 393 g/mol. The van der Waals surface area contributed by atoms with Gasteiger partial charge in [-0.05, 0) is 61.4 Å². The SMILES string of the molecule is Cc1c(Cc2ccc(-c3ccn(C)n3)cc2)cc2c(c1F)OCN([C@H]1CCC[C@@H]1O)C2. The van der Waals surface area contributed by atoms with Gasteiger partial charge in [0.05, 0.1) is 11.8 Å². The molecule has 1 N–H and O–H groups in total. The zero-order chi connectivity index (χ0) is 21.5. The van der Waals surface area contributed by atoms with E-state index in [1.807, 2.05) is 26.2 Å². The van der Waals surface area contributed by atoms with Crippen LogP contribution in [-0.4, -0.2) is 38.7 Å². The molecule has 162 valence electrons. The number of aryl methyl sites for hydroxylation is 1. The second-order valence-electron chi connectivity index (χ2n) is 8.80. The first-order valence-electron chi connectivity index (χ1n) is 10.9. The number of fused-ring (bicyclic) bond motifs is 1. The normalized spacial score (nSPS) is 21.2. The Bertz CT molecular complexity index is 1090. The summed E-state index contributed by atoms with van der Waals surface area (Å²) in [6.07, 6.45) is 5.08. The molecular formula is C25H28FN3O2. The van der Waals surface area contributed by atoms with Crippen molar-refractivity contribution < 1.29 is 14.2 Å². The highest BCUT2D eigenvalue weighted by Crippen LogP contribution is 2.36. The number of halogens is 1. The largest absolute Gasteiger partial charge is 0.475 e. The van der Waals surface area contributed by atoms with Gasteiger partial charge < -0.3 is 9.84 Å². The number of nitrogens with zero attached hydrogens (tertiary/aromatic N) is 3. The molecule has 1 saturated carbocycles. The minimum atomic E-state index is -0.322. The number of aliphatic hydroxyl groups excluding tert-OH is 1. The van der Waals surface area contributed by atoms with Gasteiger partial charge in [-0.2, -0.15) is 5.10 Å². The quantitative estimate of drug-likeness (QED) is 0.686. The molecule has 1 aliphatic carbocycles. The molecule has 2 aliphatic rings. The van der Waals surface area contributed by atoms with Crippen molar-refractivity contribution >= 4 is 0 Å². The fraction of sp³-hybridized carbons (Fsp3) is 0.400. The van der Waals surface area contributed by atoms with Gasteiger partial charge in [-0.3, -0.25) is 9.58 Å². The van der Waals surface area contributed by atoms with E-state index in [2.05, 4.69) is 40.3 Å². The highest BCUT2D eigenvalue weighted by molar-refractivity contribution is 5.59. The van der Waals surface area contributed by atoms with Gasteiger partial charge in [-0.15, -0.1) is 0 Å². The molecule has 5 rings (SSSR count). The molecule has 0 bridgehead atoms. The van der Waals surface area contributed by atoms with Crippen LogP contribution in [0.2, 0.25) is 0 Å². The Kier molecular flexibility index (Phi) is 5.28. The lowest BCUT2D eigenvalue weighted by molar-refractivity contribution is 0.00375. The maximum absolute atomic E-state index is 15.1. The summed E-state index contributed by atoms with van der Waals surface area (Å²) in [7, 11) is 1.91. The zero-order valence-electron chi connectivity index (χ0n) is 18.0. The molecule has 1 fully saturated rings. The van der Waals surface area contributed by atoms with Gasteiger partial charge in [0.2, 0.25) is 0 Å². The smallest absolute Gasteiger partial charge is 0.168 e. The van der Waals surface area contributed by atoms with E-state index in [0.717, 1.165) is 47.2 Å². The fourth-order valence-electron chi connectivity index (χ4n) is 4.85. The monoisotopic (exact) mass is 421 g/mol. The number of rotatable bonds is 4. The molecule has 0 saturated heterocycles. The molecule has 5 nitrogen and oxygen atoms in total. The number of benzene rings is 2. The number of hydrogen-bond donors (Lipinski definition) is 1. The van der Waals surface area contributed by atoms with Gasteiger partial charge in [0, 0.05) is 37.0 Å². The molecule has 6 heteroatoms. The van der Waals surface area contributed by atoms with Crippen molar-refractivity contribution in [3.63, 3.8) is 0 Å². The summed E-state index contributed by atoms with van der Waals surface area (Å²) < 4.78 is 22.7. The first-order chi connectivity index (χ1) is 15.0. The second kappa shape index (κ2) is 8.09. The van der Waals surface area contributed by atoms with Crippen LogP contribution in [0.15, 0.2) is 42.6 Å². The summed E-state index contributed by atoms with van der Waals surface area (Å²) in [6, 6.07) is 12.5. The lowest BCUT2D eigenvalue weighted by atomic mass is 9.95. The topological polar surface area (TPSA) is 50.5 Å². The van der Waals surface area contributed by atoms with Gasteiger partial charge in [0.25, 0.3) is 0 Å². The third-order valence-corrected chi connectivity index (χ3v) is 6.67. The van der Waals surface area contributed by atoms with Crippen molar-refractivity contribution in [2.24, 2.45) is 7.05 Å². The molecule has 31 heavy (non-hydrogen) atoms. The summed E-state index contributed by atoms with van der Waals surface area (Å²) >= 11 is 0. The average molecular weight is 422 g/mol. The molecule has 2 aromatic carbocycles. The Morgan fingerprint density at radius 3 is 2.68 bits per heavy atom. The number of aromatic nitrogens is 2. The molecule has 0 radical (unpaired) electrons. The van der Waals surface area contributed by atoms with Crippen LogP contribution in [0.3, 0.4) is 0 Å². The first-order valence-corrected chi connectivity index (χ1v) is 10.9. The summed E-state index contributed by atoms with van der Waals surface area (Å²) in [5.41, 5.74) is 5.62. The van der Waals surface area contributed by atoms with Crippen LogP contribution in [-0.2, 0) is 20.0 Å². The van der Waals surface area contributed by atoms with Gasteiger partial charge in [0.1, 0.15) is 6.73 Å². The third-order valence-electron chi connectivity index (χ3n) is 6.67. The minimum absolute atomic E-state index is 0.0973. The maximum Gasteiger partial charge on any atom is 0.168 e. The van der Waals surface area contributed by atoms with E-state index < -0.39 is 0 Å². The molecule has 2 atom stereocenters. The van der Waals surface area contributed by atoms with Crippen molar-refractivity contribution in [2.75, 3.05) is 6.73 Å². The molecule has 3 aromatic rings. The minimum Gasteiger partial charge on any atom is -0.475 e. The highest BCUT2D eigenvalue weighted by Gasteiger charge is 2.34. The molecule has 1 aromatic heterocycles. The number of hydrogen-bond acceptors (Lipinski definition) is 4. The Morgan fingerprint density at radius 1 is 1.19 bits per heavy atom. The van der Waals surface area contributed by atoms with Crippen LogP contribution in [0.5, 0.6) is 5.75 Å². The van der Waals surface area contributed by atoms with Crippen LogP contribution in [0.1, 0.15) is 41.5 Å². The maximum atomic E-state index is 15.1. The van der Waals surface area contributed by atoms with Gasteiger partial charge in [0.15, 0.2) is 11.6 Å². The Labute approximate surface area is 182 Å². The first kappa shape index (κ1) is 20.2. The van der Waals surface area contributed by atoms with E-state index >= 15 is 4.39 Å². The van der Waals surface area contributed by atoms with Crippen molar-refractivity contribution in [3.05, 3.63) is 70.7 Å². The van der Waals surface area contributed by atoms with Crippen molar-refractivity contribution in [1.29, 1.82) is 0 Å². The predicted octanol–water partition coefficient (Wildman–Crippen LogP) is 4.19. The van der Waals surface area contributed by atoms with E-state index in [4.69, 9.17) is 4.74 Å². The summed E-state index contributed by atoms with van der Waals surface area (Å²) in [6.45, 7) is 2.77. The Morgan fingerprint density at radius 2 is 2.00 bits per heavy atom. The molecule has 2 heterocycles. The summed E-state index contributed by atoms with van der Waals surface area (Å²) in [4.78, 5) is 2.14. The highest BCUT2D eigenvalue weighted by atomic mass is 19.1. The van der Waals surface area contributed by atoms with Crippen molar-refractivity contribution in [3.8, 4) is 17.0 Å². The Balaban J connectivity index is 1.38. The number of ether oxygens (including phenoxy) is 1. The zero-order valence-corrected chi connectivity index (χ0v) is 18.0. The average Bonchev–Trinajstić information content (AvgIpc) is 3.40. The van der Waals surface area contributed by atoms with Gasteiger partial charge in [-0.25, -0.2) is 4.39 Å². The van der Waals surface area contributed by atoms with Crippen LogP contribution in [0.25, 0.3) is 11.3 Å².